The number of anilines is 3. The van der Waals surface area contributed by atoms with Crippen LogP contribution in [0.4, 0.5) is 17.1 Å². The minimum atomic E-state index is 0.0944. The molecule has 162 valence electrons. The Morgan fingerprint density at radius 1 is 0.594 bits per heavy atom. The molecule has 3 N–H and O–H groups in total. The van der Waals surface area contributed by atoms with Crippen molar-refractivity contribution in [3.05, 3.63) is 95.6 Å². The van der Waals surface area contributed by atoms with E-state index in [2.05, 4.69) is 0 Å². The van der Waals surface area contributed by atoms with Crippen LogP contribution in [-0.2, 0) is 0 Å². The fraction of sp³-hybridized carbons (Fsp3) is 0.111. The molecule has 0 aliphatic carbocycles. The average Bonchev–Trinajstić information content (AvgIpc) is 2.76. The Hall–Kier alpha value is -4.12. The molecule has 0 aromatic heterocycles. The average molecular weight is 428 g/mol. The summed E-state index contributed by atoms with van der Waals surface area (Å²) in [4.78, 5) is 1.81. The van der Waals surface area contributed by atoms with E-state index in [1.807, 2.05) is 62.4 Å². The van der Waals surface area contributed by atoms with Gasteiger partial charge in [0.25, 0.3) is 0 Å². The fourth-order valence-corrected chi connectivity index (χ4v) is 3.55. The number of aryl methyl sites for hydroxylation is 3. The van der Waals surface area contributed by atoms with Crippen LogP contribution < -0.4 is 9.64 Å². The second kappa shape index (κ2) is 8.55. The van der Waals surface area contributed by atoms with Crippen LogP contribution >= 0.6 is 0 Å². The van der Waals surface area contributed by atoms with E-state index in [1.54, 1.807) is 42.2 Å². The fourth-order valence-electron chi connectivity index (χ4n) is 3.55. The van der Waals surface area contributed by atoms with Crippen LogP contribution in [0, 0.1) is 20.8 Å². The van der Waals surface area contributed by atoms with Crippen molar-refractivity contribution < 1.29 is 20.1 Å². The zero-order chi connectivity index (χ0) is 22.8. The molecular weight excluding hydrogens is 402 g/mol. The molecule has 4 aromatic rings. The number of rotatable bonds is 5. The highest BCUT2D eigenvalue weighted by atomic mass is 16.5. The topological polar surface area (TPSA) is 73.2 Å². The smallest absolute Gasteiger partial charge is 0.139 e. The third-order valence-corrected chi connectivity index (χ3v) is 5.22. The van der Waals surface area contributed by atoms with Crippen molar-refractivity contribution in [1.29, 1.82) is 0 Å². The van der Waals surface area contributed by atoms with E-state index >= 15 is 0 Å². The lowest BCUT2D eigenvalue weighted by atomic mass is 10.1. The van der Waals surface area contributed by atoms with Gasteiger partial charge in [0.2, 0.25) is 0 Å². The summed E-state index contributed by atoms with van der Waals surface area (Å²) in [7, 11) is 0. The summed E-state index contributed by atoms with van der Waals surface area (Å²) in [6, 6.07) is 23.2. The molecule has 4 aromatic carbocycles. The summed E-state index contributed by atoms with van der Waals surface area (Å²) < 4.78 is 6.02. The number of hydrogen-bond acceptors (Lipinski definition) is 5. The van der Waals surface area contributed by atoms with E-state index in [0.717, 1.165) is 16.7 Å². The molecule has 4 rings (SSSR count). The summed E-state index contributed by atoms with van der Waals surface area (Å²) in [5.41, 5.74) is 4.46. The first-order valence-corrected chi connectivity index (χ1v) is 10.3. The van der Waals surface area contributed by atoms with Gasteiger partial charge in [0, 0.05) is 6.07 Å². The van der Waals surface area contributed by atoms with E-state index in [4.69, 9.17) is 4.74 Å². The SMILES string of the molecule is Cc1ccc(O)c(N(c2cccc(Oc3ccc(O)c(C)c3)c2)c2cc(C)ccc2O)c1. The zero-order valence-electron chi connectivity index (χ0n) is 18.2. The number of hydrogen-bond donors (Lipinski definition) is 3. The summed E-state index contributed by atoms with van der Waals surface area (Å²) >= 11 is 0. The highest BCUT2D eigenvalue weighted by Crippen LogP contribution is 2.45. The molecule has 0 aliphatic rings. The van der Waals surface area contributed by atoms with Crippen LogP contribution in [0.3, 0.4) is 0 Å². The van der Waals surface area contributed by atoms with Crippen LogP contribution in [0.5, 0.6) is 28.7 Å². The highest BCUT2D eigenvalue weighted by Gasteiger charge is 2.20. The van der Waals surface area contributed by atoms with Gasteiger partial charge < -0.3 is 25.0 Å². The molecule has 0 fully saturated rings. The predicted molar refractivity (Wildman–Crippen MR) is 127 cm³/mol. The van der Waals surface area contributed by atoms with Crippen molar-refractivity contribution >= 4 is 17.1 Å². The normalized spacial score (nSPS) is 10.7. The van der Waals surface area contributed by atoms with Crippen molar-refractivity contribution in [2.45, 2.75) is 20.8 Å². The third-order valence-electron chi connectivity index (χ3n) is 5.22. The Kier molecular flexibility index (Phi) is 5.65. The molecule has 0 unspecified atom stereocenters. The van der Waals surface area contributed by atoms with Crippen LogP contribution in [-0.4, -0.2) is 15.3 Å². The Morgan fingerprint density at radius 3 is 1.75 bits per heavy atom. The molecule has 32 heavy (non-hydrogen) atoms. The molecule has 0 saturated carbocycles. The quantitative estimate of drug-likeness (QED) is 0.320. The molecule has 5 heteroatoms. The minimum absolute atomic E-state index is 0.0944. The monoisotopic (exact) mass is 427 g/mol. The van der Waals surface area contributed by atoms with Crippen LogP contribution in [0.2, 0.25) is 0 Å². The van der Waals surface area contributed by atoms with E-state index in [0.29, 0.717) is 28.6 Å². The van der Waals surface area contributed by atoms with Gasteiger partial charge in [0.15, 0.2) is 0 Å². The number of benzene rings is 4. The first-order valence-electron chi connectivity index (χ1n) is 10.3. The van der Waals surface area contributed by atoms with Crippen molar-refractivity contribution in [1.82, 2.24) is 0 Å². The molecule has 0 heterocycles. The molecule has 0 amide bonds. The van der Waals surface area contributed by atoms with Gasteiger partial charge in [-0.15, -0.1) is 0 Å². The number of ether oxygens (including phenoxy) is 1. The van der Waals surface area contributed by atoms with Crippen molar-refractivity contribution in [3.8, 4) is 28.7 Å². The molecule has 0 saturated heterocycles. The Labute approximate surface area is 187 Å². The summed E-state index contributed by atoms with van der Waals surface area (Å²) in [5, 5.41) is 31.1. The Bertz CT molecular complexity index is 1230. The maximum Gasteiger partial charge on any atom is 0.139 e. The van der Waals surface area contributed by atoms with Crippen molar-refractivity contribution in [2.24, 2.45) is 0 Å². The largest absolute Gasteiger partial charge is 0.508 e. The maximum atomic E-state index is 10.7. The summed E-state index contributed by atoms with van der Waals surface area (Å²) in [6.45, 7) is 5.70. The lowest BCUT2D eigenvalue weighted by Crippen LogP contribution is -2.11. The number of aromatic hydroxyl groups is 3. The van der Waals surface area contributed by atoms with Gasteiger partial charge >= 0.3 is 0 Å². The van der Waals surface area contributed by atoms with E-state index in [9.17, 15) is 15.3 Å². The summed E-state index contributed by atoms with van der Waals surface area (Å²) in [5.74, 6) is 1.58. The standard InChI is InChI=1S/C27H25NO4/c1-17-7-10-26(30)23(13-17)28(24-14-18(2)8-11-27(24)31)20-5-4-6-21(16-20)32-22-9-12-25(29)19(3)15-22/h4-16,29-31H,1-3H3. The first kappa shape index (κ1) is 21.1. The molecule has 0 aliphatic heterocycles. The number of nitrogens with zero attached hydrogens (tertiary/aromatic N) is 1. The van der Waals surface area contributed by atoms with Gasteiger partial charge in [-0.2, -0.15) is 0 Å². The van der Waals surface area contributed by atoms with Gasteiger partial charge in [-0.25, -0.2) is 0 Å². The lowest BCUT2D eigenvalue weighted by molar-refractivity contribution is 0.460. The Morgan fingerprint density at radius 2 is 1.16 bits per heavy atom. The van der Waals surface area contributed by atoms with Crippen LogP contribution in [0.1, 0.15) is 16.7 Å². The van der Waals surface area contributed by atoms with E-state index in [1.165, 1.54) is 0 Å². The van der Waals surface area contributed by atoms with Crippen LogP contribution in [0.25, 0.3) is 0 Å². The maximum absolute atomic E-state index is 10.7. The van der Waals surface area contributed by atoms with Gasteiger partial charge in [-0.1, -0.05) is 18.2 Å². The predicted octanol–water partition coefficient (Wildman–Crippen LogP) is 6.99. The molecule has 0 spiro atoms. The highest BCUT2D eigenvalue weighted by molar-refractivity contribution is 5.83. The lowest BCUT2D eigenvalue weighted by Gasteiger charge is -2.27. The summed E-state index contributed by atoms with van der Waals surface area (Å²) in [6.07, 6.45) is 0. The zero-order valence-corrected chi connectivity index (χ0v) is 18.2. The van der Waals surface area contributed by atoms with Crippen LogP contribution in [0.15, 0.2) is 78.9 Å². The molecule has 0 radical (unpaired) electrons. The Balaban J connectivity index is 1.83. The first-order chi connectivity index (χ1) is 15.3. The van der Waals surface area contributed by atoms with Gasteiger partial charge in [0.05, 0.1) is 17.1 Å². The molecule has 5 nitrogen and oxygen atoms in total. The van der Waals surface area contributed by atoms with Gasteiger partial charge in [-0.3, -0.25) is 0 Å². The van der Waals surface area contributed by atoms with E-state index in [-0.39, 0.29) is 17.2 Å². The minimum Gasteiger partial charge on any atom is -0.508 e. The molecule has 0 bridgehead atoms. The third kappa shape index (κ3) is 4.32. The van der Waals surface area contributed by atoms with E-state index < -0.39 is 0 Å². The second-order valence-electron chi connectivity index (χ2n) is 7.87. The molecular formula is C27H25NO4. The molecule has 0 atom stereocenters. The number of phenolic OH excluding ortho intramolecular Hbond substituents is 3. The second-order valence-corrected chi connectivity index (χ2v) is 7.87. The van der Waals surface area contributed by atoms with Crippen molar-refractivity contribution in [2.75, 3.05) is 4.90 Å². The van der Waals surface area contributed by atoms with Gasteiger partial charge in [0.1, 0.15) is 28.7 Å². The number of phenols is 3. The van der Waals surface area contributed by atoms with Gasteiger partial charge in [-0.05, 0) is 92.1 Å². The van der Waals surface area contributed by atoms with Crippen molar-refractivity contribution in [3.63, 3.8) is 0 Å².